The van der Waals surface area contributed by atoms with Crippen LogP contribution in [0.1, 0.15) is 22.3 Å². The molecule has 1 heterocycles. The van der Waals surface area contributed by atoms with Crippen molar-refractivity contribution in [2.75, 3.05) is 12.0 Å². The van der Waals surface area contributed by atoms with Gasteiger partial charge >= 0.3 is 6.03 Å². The van der Waals surface area contributed by atoms with Crippen molar-refractivity contribution in [3.63, 3.8) is 0 Å². The van der Waals surface area contributed by atoms with Crippen molar-refractivity contribution in [3.05, 3.63) is 92.5 Å². The zero-order valence-electron chi connectivity index (χ0n) is 19.7. The van der Waals surface area contributed by atoms with E-state index in [0.717, 1.165) is 21.6 Å². The van der Waals surface area contributed by atoms with Crippen molar-refractivity contribution in [1.82, 2.24) is 5.32 Å². The van der Waals surface area contributed by atoms with Gasteiger partial charge in [-0.25, -0.2) is 9.69 Å². The summed E-state index contributed by atoms with van der Waals surface area (Å²) in [6.07, 6.45) is 1.40. The fourth-order valence-electron chi connectivity index (χ4n) is 3.83. The number of amides is 4. The van der Waals surface area contributed by atoms with E-state index in [1.54, 1.807) is 48.5 Å². The van der Waals surface area contributed by atoms with Crippen molar-refractivity contribution in [3.8, 4) is 11.5 Å². The summed E-state index contributed by atoms with van der Waals surface area (Å²) in [4.78, 5) is 39.2. The molecular formula is C27H22Cl2N2O5. The monoisotopic (exact) mass is 524 g/mol. The number of nitrogens with one attached hydrogen (secondary N) is 1. The normalized spacial score (nSPS) is 14.8. The number of anilines is 1. The highest BCUT2D eigenvalue weighted by atomic mass is 35.5. The molecule has 36 heavy (non-hydrogen) atoms. The lowest BCUT2D eigenvalue weighted by atomic mass is 10.0. The SMILES string of the molecule is COc1cc(/C=C2\C(=O)NC(=O)N(c3cc(C)cc(C)c3)C2=O)ccc1OCc1ccc(Cl)cc1Cl. The van der Waals surface area contributed by atoms with Crippen LogP contribution in [0.2, 0.25) is 10.0 Å². The van der Waals surface area contributed by atoms with Crippen LogP contribution >= 0.6 is 23.2 Å². The third kappa shape index (κ3) is 5.37. The molecule has 3 aromatic carbocycles. The zero-order valence-corrected chi connectivity index (χ0v) is 21.2. The Bertz CT molecular complexity index is 1400. The maximum absolute atomic E-state index is 13.2. The second kappa shape index (κ2) is 10.4. The summed E-state index contributed by atoms with van der Waals surface area (Å²) < 4.78 is 11.3. The van der Waals surface area contributed by atoms with E-state index in [0.29, 0.717) is 32.8 Å². The van der Waals surface area contributed by atoms with Gasteiger partial charge in [0.05, 0.1) is 12.8 Å². The summed E-state index contributed by atoms with van der Waals surface area (Å²) in [5.41, 5.74) is 3.22. The largest absolute Gasteiger partial charge is 0.493 e. The Hall–Kier alpha value is -3.81. The third-order valence-electron chi connectivity index (χ3n) is 5.46. The number of hydrogen-bond donors (Lipinski definition) is 1. The molecule has 9 heteroatoms. The van der Waals surface area contributed by atoms with Gasteiger partial charge in [-0.2, -0.15) is 0 Å². The van der Waals surface area contributed by atoms with Crippen LogP contribution in [0.15, 0.2) is 60.2 Å². The molecule has 0 aliphatic carbocycles. The first kappa shape index (κ1) is 25.3. The van der Waals surface area contributed by atoms with E-state index in [1.165, 1.54) is 13.2 Å². The van der Waals surface area contributed by atoms with Crippen molar-refractivity contribution in [1.29, 1.82) is 0 Å². The first-order chi connectivity index (χ1) is 17.2. The second-order valence-corrected chi connectivity index (χ2v) is 9.08. The Balaban J connectivity index is 1.61. The number of urea groups is 1. The molecule has 0 saturated carbocycles. The Labute approximate surface area is 218 Å². The minimum atomic E-state index is -0.797. The van der Waals surface area contributed by atoms with Gasteiger partial charge in [0, 0.05) is 15.6 Å². The van der Waals surface area contributed by atoms with Gasteiger partial charge in [0.25, 0.3) is 11.8 Å². The molecule has 1 N–H and O–H groups in total. The lowest BCUT2D eigenvalue weighted by Gasteiger charge is -2.27. The molecule has 0 aromatic heterocycles. The molecule has 7 nitrogen and oxygen atoms in total. The smallest absolute Gasteiger partial charge is 0.335 e. The highest BCUT2D eigenvalue weighted by Gasteiger charge is 2.37. The summed E-state index contributed by atoms with van der Waals surface area (Å²) in [6.45, 7) is 3.91. The van der Waals surface area contributed by atoms with Crippen LogP contribution in [-0.2, 0) is 16.2 Å². The van der Waals surface area contributed by atoms with Gasteiger partial charge in [-0.1, -0.05) is 41.4 Å². The van der Waals surface area contributed by atoms with Crippen LogP contribution in [0.4, 0.5) is 10.5 Å². The molecule has 4 rings (SSSR count). The predicted octanol–water partition coefficient (Wildman–Crippen LogP) is 5.86. The van der Waals surface area contributed by atoms with Crippen LogP contribution in [0, 0.1) is 13.8 Å². The van der Waals surface area contributed by atoms with Crippen molar-refractivity contribution in [2.24, 2.45) is 0 Å². The summed E-state index contributed by atoms with van der Waals surface area (Å²) in [6, 6.07) is 14.6. The number of nitrogens with zero attached hydrogens (tertiary/aromatic N) is 1. The Morgan fingerprint density at radius 1 is 0.917 bits per heavy atom. The van der Waals surface area contributed by atoms with Gasteiger partial charge in [-0.3, -0.25) is 14.9 Å². The number of ether oxygens (including phenoxy) is 2. The van der Waals surface area contributed by atoms with E-state index in [4.69, 9.17) is 32.7 Å². The van der Waals surface area contributed by atoms with E-state index in [9.17, 15) is 14.4 Å². The lowest BCUT2D eigenvalue weighted by molar-refractivity contribution is -0.122. The minimum Gasteiger partial charge on any atom is -0.493 e. The zero-order chi connectivity index (χ0) is 26.0. The molecule has 1 fully saturated rings. The molecule has 0 unspecified atom stereocenters. The number of hydrogen-bond acceptors (Lipinski definition) is 5. The maximum atomic E-state index is 13.2. The Kier molecular flexibility index (Phi) is 7.33. The summed E-state index contributed by atoms with van der Waals surface area (Å²) in [7, 11) is 1.48. The number of carbonyl (C=O) groups is 3. The molecule has 0 atom stereocenters. The average Bonchev–Trinajstić information content (AvgIpc) is 2.81. The fourth-order valence-corrected chi connectivity index (χ4v) is 4.29. The Morgan fingerprint density at radius 3 is 2.31 bits per heavy atom. The molecule has 0 spiro atoms. The number of benzene rings is 3. The van der Waals surface area contributed by atoms with Crippen molar-refractivity contribution >= 4 is 52.8 Å². The number of aryl methyl sites for hydroxylation is 2. The summed E-state index contributed by atoms with van der Waals surface area (Å²) in [5.74, 6) is -0.662. The Morgan fingerprint density at radius 2 is 1.64 bits per heavy atom. The molecule has 1 aliphatic heterocycles. The van der Waals surface area contributed by atoms with E-state index in [1.807, 2.05) is 19.9 Å². The minimum absolute atomic E-state index is 0.181. The van der Waals surface area contributed by atoms with Gasteiger partial charge in [-0.05, 0) is 73.0 Å². The first-order valence-corrected chi connectivity index (χ1v) is 11.7. The highest BCUT2D eigenvalue weighted by molar-refractivity contribution is 6.39. The van der Waals surface area contributed by atoms with E-state index < -0.39 is 17.8 Å². The number of barbiturate groups is 1. The quantitative estimate of drug-likeness (QED) is 0.322. The third-order valence-corrected chi connectivity index (χ3v) is 6.05. The van der Waals surface area contributed by atoms with Crippen LogP contribution < -0.4 is 19.7 Å². The van der Waals surface area contributed by atoms with Gasteiger partial charge in [-0.15, -0.1) is 0 Å². The van der Waals surface area contributed by atoms with E-state index >= 15 is 0 Å². The molecule has 184 valence electrons. The van der Waals surface area contributed by atoms with Gasteiger partial charge < -0.3 is 9.47 Å². The number of imide groups is 2. The summed E-state index contributed by atoms with van der Waals surface area (Å²) >= 11 is 12.2. The first-order valence-electron chi connectivity index (χ1n) is 10.9. The predicted molar refractivity (Wildman–Crippen MR) is 139 cm³/mol. The second-order valence-electron chi connectivity index (χ2n) is 8.24. The fraction of sp³-hybridized carbons (Fsp3) is 0.148. The number of rotatable bonds is 6. The standard InChI is InChI=1S/C27H22Cl2N2O5/c1-15-8-16(2)10-20(9-15)31-26(33)21(25(32)30-27(31)34)11-17-4-7-23(24(12-17)35-3)36-14-18-5-6-19(28)13-22(18)29/h4-13H,14H2,1-3H3,(H,30,32,34)/b21-11+. The number of carbonyl (C=O) groups excluding carboxylic acids is 3. The topological polar surface area (TPSA) is 84.9 Å². The molecule has 1 aliphatic rings. The lowest BCUT2D eigenvalue weighted by Crippen LogP contribution is -2.54. The van der Waals surface area contributed by atoms with Gasteiger partial charge in [0.15, 0.2) is 11.5 Å². The molecule has 3 aromatic rings. The summed E-state index contributed by atoms with van der Waals surface area (Å²) in [5, 5.41) is 3.24. The molecule has 0 bridgehead atoms. The van der Waals surface area contributed by atoms with Crippen molar-refractivity contribution in [2.45, 2.75) is 20.5 Å². The van der Waals surface area contributed by atoms with Gasteiger partial charge in [0.2, 0.25) is 0 Å². The number of methoxy groups -OCH3 is 1. The van der Waals surface area contributed by atoms with Crippen LogP contribution in [-0.4, -0.2) is 25.0 Å². The molecule has 0 radical (unpaired) electrons. The maximum Gasteiger partial charge on any atom is 0.335 e. The average molecular weight is 525 g/mol. The highest BCUT2D eigenvalue weighted by Crippen LogP contribution is 2.32. The van der Waals surface area contributed by atoms with E-state index in [-0.39, 0.29) is 12.2 Å². The van der Waals surface area contributed by atoms with Crippen molar-refractivity contribution < 1.29 is 23.9 Å². The molecular weight excluding hydrogens is 503 g/mol. The van der Waals surface area contributed by atoms with Crippen LogP contribution in [0.25, 0.3) is 6.08 Å². The number of halogens is 2. The van der Waals surface area contributed by atoms with E-state index in [2.05, 4.69) is 5.32 Å². The molecule has 1 saturated heterocycles. The van der Waals surface area contributed by atoms with Crippen LogP contribution in [0.5, 0.6) is 11.5 Å². The molecule has 4 amide bonds. The van der Waals surface area contributed by atoms with Gasteiger partial charge in [0.1, 0.15) is 12.2 Å². The van der Waals surface area contributed by atoms with Crippen LogP contribution in [0.3, 0.4) is 0 Å².